The monoisotopic (exact) mass is 199 g/mol. The van der Waals surface area contributed by atoms with Crippen molar-refractivity contribution in [1.29, 1.82) is 0 Å². The molecule has 0 aliphatic rings. The average molecular weight is 199 g/mol. The van der Waals surface area contributed by atoms with Crippen molar-refractivity contribution in [3.05, 3.63) is 30.1 Å². The normalized spacial score (nSPS) is 11.6. The van der Waals surface area contributed by atoms with E-state index in [1.54, 1.807) is 0 Å². The van der Waals surface area contributed by atoms with E-state index in [9.17, 15) is 0 Å². The Bertz CT molecular complexity index is 232. The minimum atomic E-state index is 0.0985. The van der Waals surface area contributed by atoms with Gasteiger partial charge in [-0.1, -0.05) is 6.07 Å². The number of aromatic nitrogens is 1. The van der Waals surface area contributed by atoms with E-state index in [1.165, 1.54) is 0 Å². The molecule has 0 aliphatic heterocycles. The highest BCUT2D eigenvalue weighted by Gasteiger charge is 2.24. The van der Waals surface area contributed by atoms with Crippen molar-refractivity contribution < 1.29 is 0 Å². The minimum absolute atomic E-state index is 0.0985. The average Bonchev–Trinajstić information content (AvgIpc) is 2.18. The smallest absolute Gasteiger partial charge is 0.0996 e. The Morgan fingerprint density at radius 3 is 2.33 bits per heavy atom. The van der Waals surface area contributed by atoms with Gasteiger partial charge >= 0.3 is 0 Å². The van der Waals surface area contributed by atoms with Crippen LogP contribution in [0.4, 0.5) is 0 Å². The van der Waals surface area contributed by atoms with Crippen molar-refractivity contribution in [2.75, 3.05) is 12.5 Å². The zero-order valence-electron chi connectivity index (χ0n) is 7.57. The van der Waals surface area contributed by atoms with Crippen LogP contribution in [0.5, 0.6) is 0 Å². The van der Waals surface area contributed by atoms with E-state index in [1.807, 2.05) is 41.9 Å². The summed E-state index contributed by atoms with van der Waals surface area (Å²) in [6.45, 7) is 2.20. The Labute approximate surface area is 82.4 Å². The summed E-state index contributed by atoms with van der Waals surface area (Å²) in [6.07, 6.45) is 6.08. The molecule has 0 fully saturated rings. The lowest BCUT2D eigenvalue weighted by molar-refractivity contribution is 0.945. The predicted octanol–water partition coefficient (Wildman–Crippen LogP) is 2.98. The van der Waals surface area contributed by atoms with E-state index >= 15 is 0 Å². The first-order valence-corrected chi connectivity index (χ1v) is 6.19. The lowest BCUT2D eigenvalue weighted by Gasteiger charge is -2.23. The fourth-order valence-electron chi connectivity index (χ4n) is 0.924. The maximum atomic E-state index is 4.35. The molecule has 66 valence electrons. The highest BCUT2D eigenvalue weighted by Crippen LogP contribution is 2.41. The van der Waals surface area contributed by atoms with Crippen LogP contribution in [0.2, 0.25) is 0 Å². The third-order valence-corrected chi connectivity index (χ3v) is 4.89. The second kappa shape index (κ2) is 4.19. The van der Waals surface area contributed by atoms with Crippen molar-refractivity contribution in [2.45, 2.75) is 11.0 Å². The van der Waals surface area contributed by atoms with E-state index in [-0.39, 0.29) is 4.08 Å². The maximum absolute atomic E-state index is 4.35. The standard InChI is InChI=1S/C9H13NS2/c1-9(11-2,12-3)8-6-4-5-7-10-8/h4-7H,1-3H3. The summed E-state index contributed by atoms with van der Waals surface area (Å²) in [7, 11) is 0. The largest absolute Gasteiger partial charge is 0.259 e. The van der Waals surface area contributed by atoms with Gasteiger partial charge in [-0.2, -0.15) is 0 Å². The fourth-order valence-corrected chi connectivity index (χ4v) is 2.25. The Morgan fingerprint density at radius 1 is 1.25 bits per heavy atom. The van der Waals surface area contributed by atoms with Crippen molar-refractivity contribution >= 4 is 23.5 Å². The molecule has 1 aromatic heterocycles. The molecule has 0 radical (unpaired) electrons. The molecule has 0 N–H and O–H groups in total. The van der Waals surface area contributed by atoms with Gasteiger partial charge in [-0.05, 0) is 31.6 Å². The van der Waals surface area contributed by atoms with E-state index in [4.69, 9.17) is 0 Å². The molecule has 1 nitrogen and oxygen atoms in total. The molecule has 3 heteroatoms. The van der Waals surface area contributed by atoms with Gasteiger partial charge < -0.3 is 0 Å². The van der Waals surface area contributed by atoms with Gasteiger partial charge in [-0.15, -0.1) is 23.5 Å². The minimum Gasteiger partial charge on any atom is -0.259 e. The number of pyridine rings is 1. The molecule has 1 rings (SSSR count). The number of nitrogens with zero attached hydrogens (tertiary/aromatic N) is 1. The summed E-state index contributed by atoms with van der Waals surface area (Å²) >= 11 is 3.65. The summed E-state index contributed by atoms with van der Waals surface area (Å²) in [6, 6.07) is 6.06. The van der Waals surface area contributed by atoms with E-state index in [2.05, 4.69) is 30.5 Å². The molecule has 0 saturated heterocycles. The van der Waals surface area contributed by atoms with Gasteiger partial charge in [-0.25, -0.2) is 0 Å². The summed E-state index contributed by atoms with van der Waals surface area (Å²) in [5, 5.41) is 0. The molecule has 0 spiro atoms. The molecule has 0 unspecified atom stereocenters. The molecule has 1 aromatic rings. The molecule has 0 amide bonds. The van der Waals surface area contributed by atoms with Crippen molar-refractivity contribution in [3.8, 4) is 0 Å². The highest BCUT2D eigenvalue weighted by molar-refractivity contribution is 8.16. The summed E-state index contributed by atoms with van der Waals surface area (Å²) < 4.78 is 0.0985. The van der Waals surface area contributed by atoms with Crippen molar-refractivity contribution in [2.24, 2.45) is 0 Å². The summed E-state index contributed by atoms with van der Waals surface area (Å²) in [5.41, 5.74) is 1.14. The van der Waals surface area contributed by atoms with Crippen LogP contribution in [0.3, 0.4) is 0 Å². The first kappa shape index (κ1) is 9.93. The Kier molecular flexibility index (Phi) is 3.47. The van der Waals surface area contributed by atoms with Crippen LogP contribution < -0.4 is 0 Å². The highest BCUT2D eigenvalue weighted by atomic mass is 32.2. The number of hydrogen-bond donors (Lipinski definition) is 0. The lowest BCUT2D eigenvalue weighted by Crippen LogP contribution is -2.12. The molecule has 0 bridgehead atoms. The van der Waals surface area contributed by atoms with Gasteiger partial charge in [0.15, 0.2) is 0 Å². The van der Waals surface area contributed by atoms with Crippen LogP contribution >= 0.6 is 23.5 Å². The second-order valence-corrected chi connectivity index (χ2v) is 5.28. The van der Waals surface area contributed by atoms with Crippen LogP contribution in [-0.2, 0) is 4.08 Å². The van der Waals surface area contributed by atoms with Gasteiger partial charge in [-0.3, -0.25) is 4.98 Å². The van der Waals surface area contributed by atoms with Gasteiger partial charge in [0.1, 0.15) is 0 Å². The quantitative estimate of drug-likeness (QED) is 0.695. The van der Waals surface area contributed by atoms with Gasteiger partial charge in [0.25, 0.3) is 0 Å². The van der Waals surface area contributed by atoms with Crippen molar-refractivity contribution in [3.63, 3.8) is 0 Å². The zero-order chi connectivity index (χ0) is 9.03. The first-order chi connectivity index (χ1) is 5.73. The van der Waals surface area contributed by atoms with Crippen molar-refractivity contribution in [1.82, 2.24) is 4.98 Å². The molecule has 12 heavy (non-hydrogen) atoms. The molecule has 0 saturated carbocycles. The zero-order valence-corrected chi connectivity index (χ0v) is 9.21. The van der Waals surface area contributed by atoms with Crippen LogP contribution in [0.15, 0.2) is 24.4 Å². The maximum Gasteiger partial charge on any atom is 0.0996 e. The second-order valence-electron chi connectivity index (χ2n) is 2.57. The molecule has 0 aliphatic carbocycles. The van der Waals surface area contributed by atoms with Gasteiger partial charge in [0.05, 0.1) is 9.77 Å². The third kappa shape index (κ3) is 1.96. The Hall–Kier alpha value is -0.150. The molecule has 0 atom stereocenters. The number of rotatable bonds is 3. The molecule has 0 aromatic carbocycles. The predicted molar refractivity (Wildman–Crippen MR) is 58.6 cm³/mol. The fraction of sp³-hybridized carbons (Fsp3) is 0.444. The van der Waals surface area contributed by atoms with Gasteiger partial charge in [0, 0.05) is 6.20 Å². The number of thioether (sulfide) groups is 2. The van der Waals surface area contributed by atoms with Crippen LogP contribution in [0, 0.1) is 0 Å². The topological polar surface area (TPSA) is 12.9 Å². The molecular formula is C9H13NS2. The first-order valence-electron chi connectivity index (χ1n) is 3.75. The molecule has 1 heterocycles. The van der Waals surface area contributed by atoms with Gasteiger partial charge in [0.2, 0.25) is 0 Å². The summed E-state index contributed by atoms with van der Waals surface area (Å²) in [4.78, 5) is 4.35. The van der Waals surface area contributed by atoms with Crippen LogP contribution in [0.1, 0.15) is 12.6 Å². The van der Waals surface area contributed by atoms with E-state index in [0.29, 0.717) is 0 Å². The SMILES string of the molecule is CSC(C)(SC)c1ccccn1. The lowest BCUT2D eigenvalue weighted by atomic mass is 10.3. The Morgan fingerprint density at radius 2 is 1.92 bits per heavy atom. The summed E-state index contributed by atoms with van der Waals surface area (Å²) in [5.74, 6) is 0. The number of hydrogen-bond acceptors (Lipinski definition) is 3. The van der Waals surface area contributed by atoms with Crippen LogP contribution in [-0.4, -0.2) is 17.5 Å². The third-order valence-electron chi connectivity index (χ3n) is 1.91. The van der Waals surface area contributed by atoms with Crippen LogP contribution in [0.25, 0.3) is 0 Å². The molecular weight excluding hydrogens is 186 g/mol. The van der Waals surface area contributed by atoms with E-state index < -0.39 is 0 Å². The van der Waals surface area contributed by atoms with E-state index in [0.717, 1.165) is 5.69 Å². The Balaban J connectivity index is 2.95.